The molecule has 0 aromatic carbocycles. The molecule has 0 atom stereocenters. The van der Waals surface area contributed by atoms with Crippen LogP contribution in [-0.4, -0.2) is 52.8 Å². The number of carbonyl (C=O) groups is 3. The van der Waals surface area contributed by atoms with E-state index in [9.17, 15) is 14.4 Å². The average molecular weight is 512 g/mol. The third-order valence-electron chi connectivity index (χ3n) is 6.44. The Kier molecular flexibility index (Phi) is 13.3. The normalized spacial score (nSPS) is 15.5. The van der Waals surface area contributed by atoms with Crippen molar-refractivity contribution >= 4 is 18.0 Å². The molecule has 7 heteroatoms. The quantitative estimate of drug-likeness (QED) is 0.148. The second-order valence-corrected chi connectivity index (χ2v) is 12.7. The zero-order valence-corrected chi connectivity index (χ0v) is 24.4. The van der Waals surface area contributed by atoms with Crippen LogP contribution in [-0.2, 0) is 23.8 Å². The van der Waals surface area contributed by atoms with E-state index in [1.807, 2.05) is 55.4 Å². The third kappa shape index (κ3) is 14.7. The smallest absolute Gasteiger partial charge is 0.410 e. The maximum atomic E-state index is 12.4. The lowest BCUT2D eigenvalue weighted by molar-refractivity contribution is -0.163. The SMILES string of the molecule is CC(C)(C)OC(=O)CCCCCCCCCCC(=O)OC(C)(C)C1CCN(C(=O)OC(C)(C)C)CC1. The summed E-state index contributed by atoms with van der Waals surface area (Å²) in [7, 11) is 0. The number of nitrogens with zero attached hydrogens (tertiary/aromatic N) is 1. The van der Waals surface area contributed by atoms with Gasteiger partial charge in [0.05, 0.1) is 0 Å². The van der Waals surface area contributed by atoms with Crippen LogP contribution in [0.5, 0.6) is 0 Å². The van der Waals surface area contributed by atoms with Crippen molar-refractivity contribution in [3.63, 3.8) is 0 Å². The largest absolute Gasteiger partial charge is 0.460 e. The Bertz CT molecular complexity index is 681. The van der Waals surface area contributed by atoms with Crippen molar-refractivity contribution < 1.29 is 28.6 Å². The van der Waals surface area contributed by atoms with Gasteiger partial charge in [0.25, 0.3) is 0 Å². The zero-order valence-electron chi connectivity index (χ0n) is 24.4. The van der Waals surface area contributed by atoms with Crippen LogP contribution in [0.15, 0.2) is 0 Å². The summed E-state index contributed by atoms with van der Waals surface area (Å²) in [4.78, 5) is 38.2. The van der Waals surface area contributed by atoms with Gasteiger partial charge in [-0.25, -0.2) is 4.79 Å². The molecular weight excluding hydrogens is 458 g/mol. The fourth-order valence-electron chi connectivity index (χ4n) is 4.50. The summed E-state index contributed by atoms with van der Waals surface area (Å²) in [6.45, 7) is 16.5. The summed E-state index contributed by atoms with van der Waals surface area (Å²) >= 11 is 0. The lowest BCUT2D eigenvalue weighted by Crippen LogP contribution is -2.47. The van der Waals surface area contributed by atoms with E-state index in [0.29, 0.717) is 25.9 Å². The van der Waals surface area contributed by atoms with Gasteiger partial charge in [-0.3, -0.25) is 9.59 Å². The first-order valence-corrected chi connectivity index (χ1v) is 14.0. The molecular formula is C29H53NO6. The third-order valence-corrected chi connectivity index (χ3v) is 6.44. The van der Waals surface area contributed by atoms with Crippen molar-refractivity contribution in [2.45, 2.75) is 149 Å². The van der Waals surface area contributed by atoms with E-state index < -0.39 is 16.8 Å². The van der Waals surface area contributed by atoms with E-state index in [2.05, 4.69) is 0 Å². The number of ether oxygens (including phenoxy) is 3. The Morgan fingerprint density at radius 2 is 1.00 bits per heavy atom. The Labute approximate surface area is 220 Å². The molecule has 1 amide bonds. The van der Waals surface area contributed by atoms with E-state index in [-0.39, 0.29) is 23.9 Å². The van der Waals surface area contributed by atoms with Crippen molar-refractivity contribution in [3.8, 4) is 0 Å². The fraction of sp³-hybridized carbons (Fsp3) is 0.897. The highest BCUT2D eigenvalue weighted by Gasteiger charge is 2.37. The van der Waals surface area contributed by atoms with E-state index >= 15 is 0 Å². The summed E-state index contributed by atoms with van der Waals surface area (Å²) in [5.74, 6) is -0.00371. The van der Waals surface area contributed by atoms with Crippen LogP contribution in [0.3, 0.4) is 0 Å². The zero-order chi connectivity index (χ0) is 27.4. The van der Waals surface area contributed by atoms with E-state index in [4.69, 9.17) is 14.2 Å². The molecule has 1 aliphatic rings. The Hall–Kier alpha value is -1.79. The van der Waals surface area contributed by atoms with Crippen LogP contribution >= 0.6 is 0 Å². The van der Waals surface area contributed by atoms with Crippen LogP contribution in [0, 0.1) is 5.92 Å². The van der Waals surface area contributed by atoms with Crippen LogP contribution in [0.1, 0.15) is 132 Å². The summed E-state index contributed by atoms with van der Waals surface area (Å²) < 4.78 is 16.7. The molecule has 0 aromatic rings. The van der Waals surface area contributed by atoms with Crippen LogP contribution in [0.4, 0.5) is 4.79 Å². The predicted octanol–water partition coefficient (Wildman–Crippen LogP) is 7.20. The molecule has 1 aliphatic heterocycles. The molecule has 0 aromatic heterocycles. The number of piperidine rings is 1. The minimum absolute atomic E-state index is 0.108. The van der Waals surface area contributed by atoms with Crippen molar-refractivity contribution in [2.75, 3.05) is 13.1 Å². The second-order valence-electron chi connectivity index (χ2n) is 12.7. The van der Waals surface area contributed by atoms with Gasteiger partial charge in [-0.05, 0) is 81.1 Å². The molecule has 210 valence electrons. The minimum atomic E-state index is -0.531. The Morgan fingerprint density at radius 1 is 0.611 bits per heavy atom. The van der Waals surface area contributed by atoms with Crippen molar-refractivity contribution in [1.82, 2.24) is 4.90 Å². The summed E-state index contributed by atoms with van der Waals surface area (Å²) in [6, 6.07) is 0. The summed E-state index contributed by atoms with van der Waals surface area (Å²) in [5.41, 5.74) is -1.43. The number of hydrogen-bond donors (Lipinski definition) is 0. The van der Waals surface area contributed by atoms with Gasteiger partial charge in [-0.15, -0.1) is 0 Å². The molecule has 0 radical (unpaired) electrons. The average Bonchev–Trinajstić information content (AvgIpc) is 2.72. The maximum Gasteiger partial charge on any atom is 0.410 e. The molecule has 0 N–H and O–H groups in total. The first-order chi connectivity index (χ1) is 16.6. The number of hydrogen-bond acceptors (Lipinski definition) is 6. The van der Waals surface area contributed by atoms with Gasteiger partial charge >= 0.3 is 18.0 Å². The van der Waals surface area contributed by atoms with E-state index in [1.54, 1.807) is 4.90 Å². The predicted molar refractivity (Wildman–Crippen MR) is 143 cm³/mol. The number of unbranched alkanes of at least 4 members (excludes halogenated alkanes) is 7. The molecule has 0 saturated carbocycles. The molecule has 1 fully saturated rings. The van der Waals surface area contributed by atoms with Gasteiger partial charge in [0.1, 0.15) is 16.8 Å². The molecule has 1 saturated heterocycles. The Morgan fingerprint density at radius 3 is 1.42 bits per heavy atom. The second kappa shape index (κ2) is 14.8. The van der Waals surface area contributed by atoms with Crippen molar-refractivity contribution in [1.29, 1.82) is 0 Å². The van der Waals surface area contributed by atoms with Crippen molar-refractivity contribution in [2.24, 2.45) is 5.92 Å². The molecule has 0 spiro atoms. The number of carbonyl (C=O) groups excluding carboxylic acids is 3. The topological polar surface area (TPSA) is 82.1 Å². The number of likely N-dealkylation sites (tertiary alicyclic amines) is 1. The highest BCUT2D eigenvalue weighted by molar-refractivity contribution is 5.70. The summed E-state index contributed by atoms with van der Waals surface area (Å²) in [6.07, 6.45) is 10.7. The monoisotopic (exact) mass is 511 g/mol. The molecule has 0 bridgehead atoms. The number of rotatable bonds is 13. The number of amides is 1. The highest BCUT2D eigenvalue weighted by Crippen LogP contribution is 2.32. The lowest BCUT2D eigenvalue weighted by atomic mass is 9.83. The molecule has 36 heavy (non-hydrogen) atoms. The molecule has 1 heterocycles. The minimum Gasteiger partial charge on any atom is -0.460 e. The molecule has 1 rings (SSSR count). The van der Waals surface area contributed by atoms with Gasteiger partial charge in [0.2, 0.25) is 0 Å². The first-order valence-electron chi connectivity index (χ1n) is 14.0. The van der Waals surface area contributed by atoms with Gasteiger partial charge < -0.3 is 19.1 Å². The van der Waals surface area contributed by atoms with Crippen LogP contribution < -0.4 is 0 Å². The van der Waals surface area contributed by atoms with Crippen LogP contribution in [0.25, 0.3) is 0 Å². The molecule has 0 aliphatic carbocycles. The van der Waals surface area contributed by atoms with Crippen LogP contribution in [0.2, 0.25) is 0 Å². The first kappa shape index (κ1) is 32.2. The number of esters is 2. The Balaban J connectivity index is 2.11. The standard InChI is InChI=1S/C29H53NO6/c1-27(2,3)34-24(31)17-15-13-11-9-10-12-14-16-18-25(32)35-29(7,8)23-19-21-30(22-20-23)26(33)36-28(4,5)6/h23H,9-22H2,1-8H3. The van der Waals surface area contributed by atoms with E-state index in [1.165, 1.54) is 0 Å². The molecule has 7 nitrogen and oxygen atoms in total. The highest BCUT2D eigenvalue weighted by atomic mass is 16.6. The van der Waals surface area contributed by atoms with E-state index in [0.717, 1.165) is 64.2 Å². The van der Waals surface area contributed by atoms with Crippen molar-refractivity contribution in [3.05, 3.63) is 0 Å². The lowest BCUT2D eigenvalue weighted by Gasteiger charge is -2.40. The van der Waals surface area contributed by atoms with Gasteiger partial charge in [0.15, 0.2) is 0 Å². The van der Waals surface area contributed by atoms with Gasteiger partial charge in [-0.1, -0.05) is 38.5 Å². The van der Waals surface area contributed by atoms with Gasteiger partial charge in [-0.2, -0.15) is 0 Å². The molecule has 0 unspecified atom stereocenters. The summed E-state index contributed by atoms with van der Waals surface area (Å²) in [5, 5.41) is 0. The maximum absolute atomic E-state index is 12.4. The fourth-order valence-corrected chi connectivity index (χ4v) is 4.50. The van der Waals surface area contributed by atoms with Gasteiger partial charge in [0, 0.05) is 31.8 Å².